The summed E-state index contributed by atoms with van der Waals surface area (Å²) in [6, 6.07) is 0.227. The van der Waals surface area contributed by atoms with E-state index in [1.807, 2.05) is 13.8 Å². The fourth-order valence-electron chi connectivity index (χ4n) is 2.78. The Morgan fingerprint density at radius 3 is 2.71 bits per heavy atom. The van der Waals surface area contributed by atoms with E-state index in [-0.39, 0.29) is 18.1 Å². The molecule has 0 aromatic carbocycles. The average molecular weight is 302 g/mol. The molecule has 0 heterocycles. The zero-order valence-corrected chi connectivity index (χ0v) is 13.5. The van der Waals surface area contributed by atoms with Crippen LogP contribution in [0.2, 0.25) is 0 Å². The molecule has 0 saturated heterocycles. The van der Waals surface area contributed by atoms with Crippen molar-refractivity contribution in [1.29, 1.82) is 0 Å². The molecule has 2 unspecified atom stereocenters. The van der Waals surface area contributed by atoms with E-state index in [9.17, 15) is 4.79 Å². The minimum atomic E-state index is -0.603. The van der Waals surface area contributed by atoms with Gasteiger partial charge in [0.25, 0.3) is 0 Å². The van der Waals surface area contributed by atoms with Crippen molar-refractivity contribution in [3.8, 4) is 0 Å². The lowest BCUT2D eigenvalue weighted by Gasteiger charge is -2.29. The third-order valence-corrected chi connectivity index (χ3v) is 3.72. The van der Waals surface area contributed by atoms with Gasteiger partial charge in [0.15, 0.2) is 0 Å². The van der Waals surface area contributed by atoms with Gasteiger partial charge in [-0.3, -0.25) is 4.79 Å². The molecule has 0 bridgehead atoms. The molecule has 1 amide bonds. The molecule has 2 atom stereocenters. The summed E-state index contributed by atoms with van der Waals surface area (Å²) in [4.78, 5) is 11.8. The fraction of sp³-hybridized carbons (Fsp3) is 0.933. The van der Waals surface area contributed by atoms with Gasteiger partial charge in [0.2, 0.25) is 5.91 Å². The smallest absolute Gasteiger partial charge is 0.237 e. The van der Waals surface area contributed by atoms with Crippen LogP contribution in [0.5, 0.6) is 0 Å². The van der Waals surface area contributed by atoms with Crippen LogP contribution >= 0.6 is 0 Å². The third-order valence-electron chi connectivity index (χ3n) is 3.72. The van der Waals surface area contributed by atoms with Crippen molar-refractivity contribution in [1.82, 2.24) is 5.32 Å². The summed E-state index contributed by atoms with van der Waals surface area (Å²) < 4.78 is 16.1. The Labute approximate surface area is 127 Å². The molecule has 6 nitrogen and oxygen atoms in total. The predicted octanol–water partition coefficient (Wildman–Crippen LogP) is 0.831. The second-order valence-corrected chi connectivity index (χ2v) is 5.94. The van der Waals surface area contributed by atoms with Crippen molar-refractivity contribution < 1.29 is 19.0 Å². The summed E-state index contributed by atoms with van der Waals surface area (Å²) in [6.45, 7) is 6.59. The Morgan fingerprint density at radius 1 is 1.33 bits per heavy atom. The van der Waals surface area contributed by atoms with Crippen LogP contribution in [0.1, 0.15) is 39.5 Å². The molecule has 0 aromatic rings. The van der Waals surface area contributed by atoms with Crippen molar-refractivity contribution in [3.63, 3.8) is 0 Å². The molecule has 1 rings (SSSR count). The maximum atomic E-state index is 11.8. The van der Waals surface area contributed by atoms with Gasteiger partial charge in [-0.25, -0.2) is 0 Å². The molecule has 1 aliphatic carbocycles. The summed E-state index contributed by atoms with van der Waals surface area (Å²) in [6.07, 6.45) is 3.22. The van der Waals surface area contributed by atoms with Crippen LogP contribution in [0.4, 0.5) is 0 Å². The van der Waals surface area contributed by atoms with Crippen LogP contribution in [0.25, 0.3) is 0 Å². The van der Waals surface area contributed by atoms with Gasteiger partial charge in [0.1, 0.15) is 5.54 Å². The number of rotatable bonds is 11. The molecule has 1 saturated carbocycles. The predicted molar refractivity (Wildman–Crippen MR) is 81.1 cm³/mol. The largest absolute Gasteiger partial charge is 0.382 e. The first kappa shape index (κ1) is 18.4. The van der Waals surface area contributed by atoms with E-state index in [1.165, 1.54) is 0 Å². The molecule has 1 fully saturated rings. The Kier molecular flexibility index (Phi) is 8.18. The van der Waals surface area contributed by atoms with Crippen molar-refractivity contribution in [3.05, 3.63) is 0 Å². The maximum Gasteiger partial charge on any atom is 0.237 e. The molecular weight excluding hydrogens is 272 g/mol. The van der Waals surface area contributed by atoms with Crippen LogP contribution in [0, 0.1) is 0 Å². The SMILES string of the molecule is COCCOCCCOC1CCC(NC(C)C)(C(N)=O)C1. The lowest BCUT2D eigenvalue weighted by Crippen LogP contribution is -2.56. The Hall–Kier alpha value is -0.690. The van der Waals surface area contributed by atoms with E-state index in [0.29, 0.717) is 32.8 Å². The highest BCUT2D eigenvalue weighted by Crippen LogP contribution is 2.32. The first-order valence-electron chi connectivity index (χ1n) is 7.76. The molecule has 0 aromatic heterocycles. The number of primary amides is 1. The minimum Gasteiger partial charge on any atom is -0.382 e. The fourth-order valence-corrected chi connectivity index (χ4v) is 2.78. The molecule has 6 heteroatoms. The summed E-state index contributed by atoms with van der Waals surface area (Å²) >= 11 is 0. The summed E-state index contributed by atoms with van der Waals surface area (Å²) in [5, 5.41) is 3.32. The molecule has 0 aliphatic heterocycles. The summed E-state index contributed by atoms with van der Waals surface area (Å²) in [5.74, 6) is -0.273. The number of amides is 1. The number of carbonyl (C=O) groups excluding carboxylic acids is 1. The molecule has 1 aliphatic rings. The van der Waals surface area contributed by atoms with Crippen molar-refractivity contribution in [2.45, 2.75) is 57.2 Å². The van der Waals surface area contributed by atoms with E-state index in [2.05, 4.69) is 5.32 Å². The van der Waals surface area contributed by atoms with E-state index in [0.717, 1.165) is 19.3 Å². The lowest BCUT2D eigenvalue weighted by molar-refractivity contribution is -0.125. The molecule has 0 spiro atoms. The van der Waals surface area contributed by atoms with Gasteiger partial charge in [-0.2, -0.15) is 0 Å². The number of hydrogen-bond donors (Lipinski definition) is 2. The van der Waals surface area contributed by atoms with Gasteiger partial charge < -0.3 is 25.3 Å². The number of hydrogen-bond acceptors (Lipinski definition) is 5. The van der Waals surface area contributed by atoms with E-state index < -0.39 is 5.54 Å². The average Bonchev–Trinajstić information content (AvgIpc) is 2.81. The van der Waals surface area contributed by atoms with Crippen molar-refractivity contribution in [2.24, 2.45) is 5.73 Å². The summed E-state index contributed by atoms with van der Waals surface area (Å²) in [7, 11) is 1.66. The van der Waals surface area contributed by atoms with Gasteiger partial charge >= 0.3 is 0 Å². The minimum absolute atomic E-state index is 0.0997. The number of nitrogens with one attached hydrogen (secondary N) is 1. The van der Waals surface area contributed by atoms with E-state index >= 15 is 0 Å². The van der Waals surface area contributed by atoms with Gasteiger partial charge in [-0.1, -0.05) is 0 Å². The lowest BCUT2D eigenvalue weighted by atomic mass is 9.95. The number of carbonyl (C=O) groups is 1. The van der Waals surface area contributed by atoms with Crippen molar-refractivity contribution >= 4 is 5.91 Å². The monoisotopic (exact) mass is 302 g/mol. The third kappa shape index (κ3) is 6.30. The second-order valence-electron chi connectivity index (χ2n) is 5.94. The maximum absolute atomic E-state index is 11.8. The van der Waals surface area contributed by atoms with Crippen molar-refractivity contribution in [2.75, 3.05) is 33.5 Å². The van der Waals surface area contributed by atoms with Crippen LogP contribution in [0.3, 0.4) is 0 Å². The first-order valence-corrected chi connectivity index (χ1v) is 7.76. The zero-order valence-electron chi connectivity index (χ0n) is 13.5. The second kappa shape index (κ2) is 9.35. The van der Waals surface area contributed by atoms with Gasteiger partial charge in [0, 0.05) is 32.8 Å². The van der Waals surface area contributed by atoms with Crippen LogP contribution in [-0.2, 0) is 19.0 Å². The number of ether oxygens (including phenoxy) is 3. The van der Waals surface area contributed by atoms with E-state index in [1.54, 1.807) is 7.11 Å². The number of methoxy groups -OCH3 is 1. The zero-order chi connectivity index (χ0) is 15.7. The molecule has 0 radical (unpaired) electrons. The molecule has 124 valence electrons. The Bertz CT molecular complexity index is 312. The van der Waals surface area contributed by atoms with Gasteiger partial charge in [0.05, 0.1) is 19.3 Å². The topological polar surface area (TPSA) is 82.8 Å². The van der Waals surface area contributed by atoms with Crippen LogP contribution in [0.15, 0.2) is 0 Å². The molecular formula is C15H30N2O4. The van der Waals surface area contributed by atoms with Crippen LogP contribution in [-0.4, -0.2) is 57.1 Å². The van der Waals surface area contributed by atoms with Gasteiger partial charge in [-0.15, -0.1) is 0 Å². The Morgan fingerprint density at radius 2 is 2.10 bits per heavy atom. The Balaban J connectivity index is 2.22. The standard InChI is InChI=1S/C15H30N2O4/c1-12(2)17-15(14(16)18)6-5-13(11-15)21-8-4-7-20-10-9-19-3/h12-13,17H,4-11H2,1-3H3,(H2,16,18). The summed E-state index contributed by atoms with van der Waals surface area (Å²) in [5.41, 5.74) is 4.97. The first-order chi connectivity index (χ1) is 10.00. The highest BCUT2D eigenvalue weighted by molar-refractivity contribution is 5.85. The highest BCUT2D eigenvalue weighted by Gasteiger charge is 2.44. The van der Waals surface area contributed by atoms with Gasteiger partial charge in [-0.05, 0) is 33.1 Å². The molecule has 21 heavy (non-hydrogen) atoms. The van der Waals surface area contributed by atoms with Crippen LogP contribution < -0.4 is 11.1 Å². The quantitative estimate of drug-likeness (QED) is 0.552. The van der Waals surface area contributed by atoms with E-state index in [4.69, 9.17) is 19.9 Å². The normalized spacial score (nSPS) is 25.6. The number of nitrogens with two attached hydrogens (primary N) is 1. The molecule has 3 N–H and O–H groups in total. The highest BCUT2D eigenvalue weighted by atomic mass is 16.5.